The highest BCUT2D eigenvalue weighted by Crippen LogP contribution is 2.18. The molecule has 0 aliphatic carbocycles. The van der Waals surface area contributed by atoms with Crippen LogP contribution in [0, 0.1) is 5.82 Å². The summed E-state index contributed by atoms with van der Waals surface area (Å²) >= 11 is 0. The van der Waals surface area contributed by atoms with Gasteiger partial charge >= 0.3 is 0 Å². The quantitative estimate of drug-likeness (QED) is 0.825. The van der Waals surface area contributed by atoms with E-state index in [2.05, 4.69) is 16.5 Å². The lowest BCUT2D eigenvalue weighted by Gasteiger charge is -2.08. The van der Waals surface area contributed by atoms with Crippen LogP contribution in [0.4, 0.5) is 10.1 Å². The maximum absolute atomic E-state index is 13.3. The fourth-order valence-corrected chi connectivity index (χ4v) is 1.86. The summed E-state index contributed by atoms with van der Waals surface area (Å²) < 4.78 is 15.4. The maximum atomic E-state index is 13.3. The molecule has 2 rings (SSSR count). The highest BCUT2D eigenvalue weighted by molar-refractivity contribution is 5.49. The lowest BCUT2D eigenvalue weighted by molar-refractivity contribution is 0.627. The largest absolute Gasteiger partial charge is 0.396 e. The summed E-state index contributed by atoms with van der Waals surface area (Å²) in [5.41, 5.74) is 6.72. The summed E-state index contributed by atoms with van der Waals surface area (Å²) in [6.07, 6.45) is 5.31. The third-order valence-corrected chi connectivity index (χ3v) is 2.76. The molecule has 1 heterocycles. The highest BCUT2D eigenvalue weighted by Gasteiger charge is 2.08. The first-order valence-corrected chi connectivity index (χ1v) is 5.75. The molecule has 2 aromatic rings. The Morgan fingerprint density at radius 1 is 1.41 bits per heavy atom. The Bertz CT molecular complexity index is 505. The number of rotatable bonds is 4. The molecule has 0 bridgehead atoms. The van der Waals surface area contributed by atoms with E-state index >= 15 is 0 Å². The second-order valence-electron chi connectivity index (χ2n) is 4.03. The van der Waals surface area contributed by atoms with Gasteiger partial charge in [0.25, 0.3) is 0 Å². The Labute approximate surface area is 100 Å². The van der Waals surface area contributed by atoms with E-state index in [0.717, 1.165) is 24.4 Å². The number of nitrogens with two attached hydrogens (primary N) is 1. The van der Waals surface area contributed by atoms with E-state index in [1.807, 2.05) is 12.3 Å². The van der Waals surface area contributed by atoms with Crippen LogP contribution in [0.1, 0.15) is 24.7 Å². The van der Waals surface area contributed by atoms with Crippen molar-refractivity contribution in [3.63, 3.8) is 0 Å². The van der Waals surface area contributed by atoms with Gasteiger partial charge in [-0.2, -0.15) is 0 Å². The van der Waals surface area contributed by atoms with Crippen molar-refractivity contribution in [1.29, 1.82) is 0 Å². The number of halogens is 1. The van der Waals surface area contributed by atoms with Gasteiger partial charge in [-0.05, 0) is 18.1 Å². The summed E-state index contributed by atoms with van der Waals surface area (Å²) in [4.78, 5) is 4.29. The Balaban J connectivity index is 2.25. The highest BCUT2D eigenvalue weighted by atomic mass is 19.1. The monoisotopic (exact) mass is 233 g/mol. The first-order chi connectivity index (χ1) is 8.22. The summed E-state index contributed by atoms with van der Waals surface area (Å²) in [6.45, 7) is 3.03. The zero-order valence-electron chi connectivity index (χ0n) is 9.86. The first kappa shape index (κ1) is 11.6. The number of nitrogen functional groups attached to an aromatic ring is 1. The predicted molar refractivity (Wildman–Crippen MR) is 66.1 cm³/mol. The van der Waals surface area contributed by atoms with Crippen molar-refractivity contribution in [3.8, 4) is 0 Å². The van der Waals surface area contributed by atoms with Crippen LogP contribution in [0.3, 0.4) is 0 Å². The number of hydrogen-bond acceptors (Lipinski definition) is 2. The zero-order valence-corrected chi connectivity index (χ0v) is 9.86. The molecule has 0 radical (unpaired) electrons. The third kappa shape index (κ3) is 2.46. The number of benzene rings is 1. The Kier molecular flexibility index (Phi) is 3.42. The van der Waals surface area contributed by atoms with E-state index in [0.29, 0.717) is 6.42 Å². The van der Waals surface area contributed by atoms with Crippen LogP contribution in [0.5, 0.6) is 0 Å². The molecule has 0 atom stereocenters. The van der Waals surface area contributed by atoms with Gasteiger partial charge in [0.1, 0.15) is 11.6 Å². The summed E-state index contributed by atoms with van der Waals surface area (Å²) in [6, 6.07) is 4.88. The molecule has 0 amide bonds. The lowest BCUT2D eigenvalue weighted by Crippen LogP contribution is -2.05. The van der Waals surface area contributed by atoms with E-state index in [1.54, 1.807) is 12.3 Å². The maximum Gasteiger partial charge on any atom is 0.146 e. The fraction of sp³-hybridized carbons (Fsp3) is 0.308. The first-order valence-electron chi connectivity index (χ1n) is 5.75. The molecule has 3 nitrogen and oxygen atoms in total. The van der Waals surface area contributed by atoms with E-state index in [1.165, 1.54) is 6.07 Å². The number of aromatic nitrogens is 2. The van der Waals surface area contributed by atoms with Gasteiger partial charge in [-0.15, -0.1) is 0 Å². The van der Waals surface area contributed by atoms with Gasteiger partial charge in [-0.3, -0.25) is 0 Å². The molecular weight excluding hydrogens is 217 g/mol. The van der Waals surface area contributed by atoms with Gasteiger partial charge in [-0.1, -0.05) is 19.1 Å². The number of nitrogens with zero attached hydrogens (tertiary/aromatic N) is 2. The molecule has 4 heteroatoms. The lowest BCUT2D eigenvalue weighted by atomic mass is 10.1. The second-order valence-corrected chi connectivity index (χ2v) is 4.03. The summed E-state index contributed by atoms with van der Waals surface area (Å²) in [5, 5.41) is 0. The van der Waals surface area contributed by atoms with Crippen LogP contribution < -0.4 is 5.73 Å². The molecule has 90 valence electrons. The molecule has 1 aromatic heterocycles. The minimum Gasteiger partial charge on any atom is -0.396 e. The van der Waals surface area contributed by atoms with E-state index in [-0.39, 0.29) is 11.5 Å². The fourth-order valence-electron chi connectivity index (χ4n) is 1.86. The molecule has 0 fully saturated rings. The molecule has 17 heavy (non-hydrogen) atoms. The molecule has 0 saturated carbocycles. The Morgan fingerprint density at radius 3 is 3.00 bits per heavy atom. The van der Waals surface area contributed by atoms with E-state index < -0.39 is 0 Å². The standard InChI is InChI=1S/C13H16FN3/c1-2-7-17-8-6-16-12(17)9-10-4-3-5-11(14)13(10)15/h3-6,8H,2,7,9,15H2,1H3. The molecule has 0 saturated heterocycles. The molecule has 2 N–H and O–H groups in total. The van der Waals surface area contributed by atoms with E-state index in [9.17, 15) is 4.39 Å². The van der Waals surface area contributed by atoms with Crippen LogP contribution in [0.2, 0.25) is 0 Å². The van der Waals surface area contributed by atoms with Crippen molar-refractivity contribution >= 4 is 5.69 Å². The smallest absolute Gasteiger partial charge is 0.146 e. The van der Waals surface area contributed by atoms with Crippen molar-refractivity contribution in [1.82, 2.24) is 9.55 Å². The van der Waals surface area contributed by atoms with Gasteiger partial charge < -0.3 is 10.3 Å². The molecule has 0 spiro atoms. The third-order valence-electron chi connectivity index (χ3n) is 2.76. The van der Waals surface area contributed by atoms with Crippen LogP contribution in [-0.4, -0.2) is 9.55 Å². The van der Waals surface area contributed by atoms with Crippen LogP contribution in [0.15, 0.2) is 30.6 Å². The van der Waals surface area contributed by atoms with Crippen LogP contribution >= 0.6 is 0 Å². The topological polar surface area (TPSA) is 43.8 Å². The van der Waals surface area contributed by atoms with Crippen molar-refractivity contribution in [2.45, 2.75) is 26.3 Å². The van der Waals surface area contributed by atoms with Gasteiger partial charge in [0.15, 0.2) is 0 Å². The predicted octanol–water partition coefficient (Wildman–Crippen LogP) is 2.61. The molecule has 1 aromatic carbocycles. The average molecular weight is 233 g/mol. The average Bonchev–Trinajstić information content (AvgIpc) is 2.73. The zero-order chi connectivity index (χ0) is 12.3. The van der Waals surface area contributed by atoms with Crippen molar-refractivity contribution in [3.05, 3.63) is 47.8 Å². The number of para-hydroxylation sites is 1. The number of imidazole rings is 1. The van der Waals surface area contributed by atoms with Crippen molar-refractivity contribution < 1.29 is 4.39 Å². The van der Waals surface area contributed by atoms with Crippen molar-refractivity contribution in [2.24, 2.45) is 0 Å². The minimum absolute atomic E-state index is 0.221. The summed E-state index contributed by atoms with van der Waals surface area (Å²) in [7, 11) is 0. The molecule has 0 aliphatic heterocycles. The van der Waals surface area contributed by atoms with Gasteiger partial charge in [0.2, 0.25) is 0 Å². The van der Waals surface area contributed by atoms with Gasteiger partial charge in [0, 0.05) is 25.4 Å². The van der Waals surface area contributed by atoms with Crippen LogP contribution in [-0.2, 0) is 13.0 Å². The number of anilines is 1. The number of hydrogen-bond donors (Lipinski definition) is 1. The Hall–Kier alpha value is -1.84. The molecular formula is C13H16FN3. The molecule has 0 aliphatic rings. The number of aryl methyl sites for hydroxylation is 1. The summed E-state index contributed by atoms with van der Waals surface area (Å²) in [5.74, 6) is 0.556. The second kappa shape index (κ2) is 4.99. The SMILES string of the molecule is CCCn1ccnc1Cc1cccc(F)c1N. The Morgan fingerprint density at radius 2 is 2.24 bits per heavy atom. The molecule has 0 unspecified atom stereocenters. The minimum atomic E-state index is -0.365. The van der Waals surface area contributed by atoms with Crippen molar-refractivity contribution in [2.75, 3.05) is 5.73 Å². The van der Waals surface area contributed by atoms with Gasteiger partial charge in [0.05, 0.1) is 5.69 Å². The van der Waals surface area contributed by atoms with E-state index in [4.69, 9.17) is 5.73 Å². The van der Waals surface area contributed by atoms with Gasteiger partial charge in [-0.25, -0.2) is 9.37 Å². The normalized spacial score (nSPS) is 10.7. The van der Waals surface area contributed by atoms with Crippen LogP contribution in [0.25, 0.3) is 0 Å².